The fraction of sp³-hybridized carbons (Fsp3) is 0.429. The third kappa shape index (κ3) is 4.49. The van der Waals surface area contributed by atoms with E-state index < -0.39 is 15.8 Å². The fourth-order valence-electron chi connectivity index (χ4n) is 4.40. The molecule has 2 atom stereocenters. The highest BCUT2D eigenvalue weighted by Gasteiger charge is 2.45. The topological polar surface area (TPSA) is 71.1 Å². The Morgan fingerprint density at radius 3 is 2.76 bits per heavy atom. The zero-order chi connectivity index (χ0) is 20.9. The SMILES string of the molecule is CNC(=S)[C@]1(c2cccnc2)CCCC[C@H]1CCNS(=O)(=O)c1ccccc1F. The highest BCUT2D eigenvalue weighted by Crippen LogP contribution is 2.46. The lowest BCUT2D eigenvalue weighted by Gasteiger charge is -2.45. The Bertz CT molecular complexity index is 953. The molecular weight excluding hydrogens is 409 g/mol. The molecule has 0 amide bonds. The van der Waals surface area contributed by atoms with Crippen LogP contribution in [0, 0.1) is 11.7 Å². The van der Waals surface area contributed by atoms with E-state index in [-0.39, 0.29) is 22.8 Å². The van der Waals surface area contributed by atoms with E-state index in [2.05, 4.69) is 15.0 Å². The number of hydrogen-bond donors (Lipinski definition) is 2. The summed E-state index contributed by atoms with van der Waals surface area (Å²) in [7, 11) is -2.08. The summed E-state index contributed by atoms with van der Waals surface area (Å²) in [5.74, 6) is -0.595. The van der Waals surface area contributed by atoms with Gasteiger partial charge in [-0.15, -0.1) is 0 Å². The van der Waals surface area contributed by atoms with E-state index in [4.69, 9.17) is 12.2 Å². The van der Waals surface area contributed by atoms with Gasteiger partial charge >= 0.3 is 0 Å². The lowest BCUT2D eigenvalue weighted by atomic mass is 9.61. The number of likely N-dealkylation sites (N-methyl/N-ethyl adjacent to an activating group) is 1. The maximum absolute atomic E-state index is 13.9. The Morgan fingerprint density at radius 1 is 1.28 bits per heavy atom. The maximum Gasteiger partial charge on any atom is 0.243 e. The van der Waals surface area contributed by atoms with Crippen LogP contribution in [0.3, 0.4) is 0 Å². The highest BCUT2D eigenvalue weighted by atomic mass is 32.2. The first-order chi connectivity index (χ1) is 13.9. The van der Waals surface area contributed by atoms with Gasteiger partial charge in [-0.2, -0.15) is 0 Å². The first-order valence-corrected chi connectivity index (χ1v) is 11.7. The van der Waals surface area contributed by atoms with Crippen molar-refractivity contribution in [1.82, 2.24) is 15.0 Å². The fourth-order valence-corrected chi connectivity index (χ4v) is 5.91. The molecule has 1 aromatic carbocycles. The molecule has 1 aromatic heterocycles. The minimum atomic E-state index is -3.91. The number of halogens is 1. The Morgan fingerprint density at radius 2 is 2.07 bits per heavy atom. The third-order valence-corrected chi connectivity index (χ3v) is 7.85. The van der Waals surface area contributed by atoms with Crippen LogP contribution in [0.4, 0.5) is 4.39 Å². The number of hydrogen-bond acceptors (Lipinski definition) is 4. The second-order valence-electron chi connectivity index (χ2n) is 7.35. The van der Waals surface area contributed by atoms with Gasteiger partial charge in [0.2, 0.25) is 10.0 Å². The molecule has 1 aliphatic carbocycles. The predicted octanol–water partition coefficient (Wildman–Crippen LogP) is 3.56. The van der Waals surface area contributed by atoms with Crippen LogP contribution < -0.4 is 10.0 Å². The Labute approximate surface area is 177 Å². The minimum absolute atomic E-state index is 0.156. The number of rotatable bonds is 7. The van der Waals surface area contributed by atoms with Gasteiger partial charge in [0, 0.05) is 31.4 Å². The van der Waals surface area contributed by atoms with Crippen molar-refractivity contribution in [3.05, 3.63) is 60.2 Å². The monoisotopic (exact) mass is 435 g/mol. The standard InChI is InChI=1S/C21H26FN3O2S2/c1-23-20(28)21(17-8-6-13-24-15-17)12-5-4-7-16(21)11-14-25-29(26,27)19-10-3-2-9-18(19)22/h2-3,6,8-10,13,15-16,25H,4-5,7,11-12,14H2,1H3,(H,23,28)/t16-,21+/m0/s1. The van der Waals surface area contributed by atoms with Crippen molar-refractivity contribution in [3.63, 3.8) is 0 Å². The van der Waals surface area contributed by atoms with E-state index in [1.54, 1.807) is 6.20 Å². The molecule has 0 radical (unpaired) electrons. The molecule has 1 fully saturated rings. The van der Waals surface area contributed by atoms with Crippen molar-refractivity contribution < 1.29 is 12.8 Å². The number of nitrogens with zero attached hydrogens (tertiary/aromatic N) is 1. The second-order valence-corrected chi connectivity index (χ2v) is 9.50. The van der Waals surface area contributed by atoms with Crippen LogP contribution in [0.2, 0.25) is 0 Å². The van der Waals surface area contributed by atoms with Gasteiger partial charge < -0.3 is 5.32 Å². The number of nitrogens with one attached hydrogen (secondary N) is 2. The van der Waals surface area contributed by atoms with Crippen molar-refractivity contribution in [2.45, 2.75) is 42.4 Å². The Balaban J connectivity index is 1.81. The minimum Gasteiger partial charge on any atom is -0.382 e. The molecule has 2 aromatic rings. The smallest absolute Gasteiger partial charge is 0.243 e. The third-order valence-electron chi connectivity index (χ3n) is 5.79. The molecule has 0 bridgehead atoms. The van der Waals surface area contributed by atoms with Gasteiger partial charge in [-0.1, -0.05) is 43.3 Å². The maximum atomic E-state index is 13.9. The molecule has 3 rings (SSSR count). The lowest BCUT2D eigenvalue weighted by Crippen LogP contribution is -2.50. The summed E-state index contributed by atoms with van der Waals surface area (Å²) >= 11 is 5.74. The van der Waals surface area contributed by atoms with Crippen molar-refractivity contribution in [2.24, 2.45) is 5.92 Å². The molecular formula is C21H26FN3O2S2. The Hall–Kier alpha value is -1.90. The van der Waals surface area contributed by atoms with Gasteiger partial charge in [-0.05, 0) is 48.9 Å². The van der Waals surface area contributed by atoms with Crippen LogP contribution in [-0.2, 0) is 15.4 Å². The van der Waals surface area contributed by atoms with E-state index in [0.717, 1.165) is 42.3 Å². The van der Waals surface area contributed by atoms with Crippen LogP contribution in [-0.4, -0.2) is 32.0 Å². The van der Waals surface area contributed by atoms with E-state index >= 15 is 0 Å². The van der Waals surface area contributed by atoms with Crippen LogP contribution in [0.25, 0.3) is 0 Å². The van der Waals surface area contributed by atoms with Crippen LogP contribution in [0.1, 0.15) is 37.7 Å². The molecule has 1 saturated carbocycles. The zero-order valence-corrected chi connectivity index (χ0v) is 18.0. The summed E-state index contributed by atoms with van der Waals surface area (Å²) in [4.78, 5) is 4.71. The summed E-state index contributed by atoms with van der Waals surface area (Å²) in [6.07, 6.45) is 8.14. The summed E-state index contributed by atoms with van der Waals surface area (Å²) in [5, 5.41) is 3.16. The van der Waals surface area contributed by atoms with Crippen LogP contribution in [0.5, 0.6) is 0 Å². The first kappa shape index (κ1) is 21.8. The molecule has 0 aliphatic heterocycles. The molecule has 2 N–H and O–H groups in total. The second kappa shape index (κ2) is 9.28. The van der Waals surface area contributed by atoms with Gasteiger partial charge in [0.1, 0.15) is 10.7 Å². The zero-order valence-electron chi connectivity index (χ0n) is 16.4. The molecule has 0 unspecified atom stereocenters. The van der Waals surface area contributed by atoms with Crippen molar-refractivity contribution in [2.75, 3.05) is 13.6 Å². The number of sulfonamides is 1. The quantitative estimate of drug-likeness (QED) is 0.651. The number of thiocarbonyl (C=S) groups is 1. The molecule has 156 valence electrons. The molecule has 1 heterocycles. The average Bonchev–Trinajstić information content (AvgIpc) is 2.74. The molecule has 0 saturated heterocycles. The normalized spacial score (nSPS) is 22.2. The van der Waals surface area contributed by atoms with Crippen molar-refractivity contribution >= 4 is 27.2 Å². The van der Waals surface area contributed by atoms with Crippen LogP contribution >= 0.6 is 12.2 Å². The predicted molar refractivity (Wildman–Crippen MR) is 116 cm³/mol. The molecule has 29 heavy (non-hydrogen) atoms. The molecule has 0 spiro atoms. The number of aromatic nitrogens is 1. The van der Waals surface area contributed by atoms with Gasteiger partial charge in [0.25, 0.3) is 0 Å². The number of benzene rings is 1. The summed E-state index contributed by atoms with van der Waals surface area (Å²) < 4.78 is 41.5. The van der Waals surface area contributed by atoms with E-state index in [0.29, 0.717) is 6.42 Å². The van der Waals surface area contributed by atoms with E-state index in [1.807, 2.05) is 25.4 Å². The van der Waals surface area contributed by atoms with Gasteiger partial charge in [-0.25, -0.2) is 17.5 Å². The lowest BCUT2D eigenvalue weighted by molar-refractivity contribution is 0.239. The first-order valence-electron chi connectivity index (χ1n) is 9.78. The van der Waals surface area contributed by atoms with E-state index in [1.165, 1.54) is 18.2 Å². The molecule has 8 heteroatoms. The molecule has 1 aliphatic rings. The van der Waals surface area contributed by atoms with Crippen molar-refractivity contribution in [1.29, 1.82) is 0 Å². The van der Waals surface area contributed by atoms with Crippen LogP contribution in [0.15, 0.2) is 53.7 Å². The highest BCUT2D eigenvalue weighted by molar-refractivity contribution is 7.89. The van der Waals surface area contributed by atoms with Gasteiger partial charge in [-0.3, -0.25) is 4.98 Å². The van der Waals surface area contributed by atoms with Gasteiger partial charge in [0.15, 0.2) is 0 Å². The average molecular weight is 436 g/mol. The summed E-state index contributed by atoms with van der Waals surface area (Å²) in [5.41, 5.74) is 0.682. The Kier molecular flexibility index (Phi) is 6.97. The molecule has 5 nitrogen and oxygen atoms in total. The van der Waals surface area contributed by atoms with Crippen molar-refractivity contribution in [3.8, 4) is 0 Å². The van der Waals surface area contributed by atoms with E-state index in [9.17, 15) is 12.8 Å². The summed E-state index contributed by atoms with van der Waals surface area (Å²) in [6.45, 7) is 0.218. The summed E-state index contributed by atoms with van der Waals surface area (Å²) in [6, 6.07) is 9.35. The largest absolute Gasteiger partial charge is 0.382 e. The van der Waals surface area contributed by atoms with Gasteiger partial charge in [0.05, 0.1) is 4.99 Å². The number of pyridine rings is 1.